The van der Waals surface area contributed by atoms with Gasteiger partial charge in [-0.15, -0.1) is 0 Å². The number of halogens is 4. The van der Waals surface area contributed by atoms with Crippen LogP contribution in [0.5, 0.6) is 11.5 Å². The zero-order valence-corrected chi connectivity index (χ0v) is 16.6. The van der Waals surface area contributed by atoms with Crippen LogP contribution in [0.15, 0.2) is 42.5 Å². The Morgan fingerprint density at radius 3 is 2.26 bits per heavy atom. The third kappa shape index (κ3) is 7.65. The summed E-state index contributed by atoms with van der Waals surface area (Å²) in [6.07, 6.45) is 2.14. The Balaban J connectivity index is 1.99. The van der Waals surface area contributed by atoms with E-state index in [1.54, 1.807) is 0 Å². The molecule has 0 saturated carbocycles. The van der Waals surface area contributed by atoms with Crippen molar-refractivity contribution in [2.45, 2.75) is 27.1 Å². The Bertz CT molecular complexity index is 944. The second-order valence-electron chi connectivity index (χ2n) is 6.32. The molecule has 0 spiro atoms. The van der Waals surface area contributed by atoms with Gasteiger partial charge in [-0.1, -0.05) is 18.2 Å². The minimum atomic E-state index is -3.21. The first kappa shape index (κ1) is 23.7. The van der Waals surface area contributed by atoms with Crippen LogP contribution in [-0.2, 0) is 9.59 Å². The summed E-state index contributed by atoms with van der Waals surface area (Å²) in [5, 5.41) is 5.06. The molecule has 2 amide bonds. The molecule has 10 heteroatoms. The van der Waals surface area contributed by atoms with Crippen molar-refractivity contribution in [3.05, 3.63) is 59.2 Å². The maximum Gasteiger partial charge on any atom is 0.387 e. The molecule has 2 aromatic rings. The molecule has 0 unspecified atom stereocenters. The van der Waals surface area contributed by atoms with E-state index in [1.807, 2.05) is 32.0 Å². The fraction of sp³-hybridized carbons (Fsp3) is 0.238. The largest absolute Gasteiger partial charge is 0.435 e. The minimum absolute atomic E-state index is 0.0250. The fourth-order valence-electron chi connectivity index (χ4n) is 2.61. The van der Waals surface area contributed by atoms with Gasteiger partial charge >= 0.3 is 13.2 Å². The van der Waals surface area contributed by atoms with Crippen molar-refractivity contribution < 1.29 is 36.6 Å². The van der Waals surface area contributed by atoms with E-state index in [-0.39, 0.29) is 17.9 Å². The second-order valence-corrected chi connectivity index (χ2v) is 6.32. The lowest BCUT2D eigenvalue weighted by Gasteiger charge is -2.12. The average molecular weight is 440 g/mol. The molecule has 0 aliphatic rings. The van der Waals surface area contributed by atoms with Crippen LogP contribution in [0.1, 0.15) is 16.7 Å². The van der Waals surface area contributed by atoms with Gasteiger partial charge < -0.3 is 20.1 Å². The number of hydrogen-bond acceptors (Lipinski definition) is 4. The summed E-state index contributed by atoms with van der Waals surface area (Å²) in [6, 6.07) is 8.66. The van der Waals surface area contributed by atoms with Crippen LogP contribution < -0.4 is 20.1 Å². The van der Waals surface area contributed by atoms with E-state index in [4.69, 9.17) is 0 Å². The van der Waals surface area contributed by atoms with Gasteiger partial charge in [-0.2, -0.15) is 17.6 Å². The van der Waals surface area contributed by atoms with Crippen molar-refractivity contribution >= 4 is 23.6 Å². The Morgan fingerprint density at radius 1 is 1.00 bits per heavy atom. The van der Waals surface area contributed by atoms with Gasteiger partial charge in [0.15, 0.2) is 0 Å². The number of para-hydroxylation sites is 1. The van der Waals surface area contributed by atoms with Crippen molar-refractivity contribution in [2.75, 3.05) is 11.9 Å². The van der Waals surface area contributed by atoms with E-state index in [9.17, 15) is 27.2 Å². The summed E-state index contributed by atoms with van der Waals surface area (Å²) in [5.41, 5.74) is 2.41. The summed E-state index contributed by atoms with van der Waals surface area (Å²) < 4.78 is 58.2. The van der Waals surface area contributed by atoms with Gasteiger partial charge in [0.25, 0.3) is 0 Å². The molecule has 0 radical (unpaired) electrons. The molecule has 0 saturated heterocycles. The molecule has 166 valence electrons. The number of anilines is 1. The first-order valence-electron chi connectivity index (χ1n) is 9.01. The smallest absolute Gasteiger partial charge is 0.387 e. The number of alkyl halides is 4. The summed E-state index contributed by atoms with van der Waals surface area (Å²) in [5.74, 6) is -1.96. The van der Waals surface area contributed by atoms with Gasteiger partial charge in [0.1, 0.15) is 11.5 Å². The van der Waals surface area contributed by atoms with Crippen molar-refractivity contribution in [3.8, 4) is 11.5 Å². The fourth-order valence-corrected chi connectivity index (χ4v) is 2.61. The molecule has 0 aromatic heterocycles. The lowest BCUT2D eigenvalue weighted by molar-refractivity contribution is -0.121. The van der Waals surface area contributed by atoms with E-state index in [0.717, 1.165) is 35.4 Å². The summed E-state index contributed by atoms with van der Waals surface area (Å²) in [6.45, 7) is -3.00. The number of rotatable bonds is 9. The Kier molecular flexibility index (Phi) is 8.42. The SMILES string of the molecule is Cc1cccc(C)c1NC(=O)CNC(=O)/C=C/c1ccc(OC(F)F)cc1OC(F)F. The van der Waals surface area contributed by atoms with E-state index in [2.05, 4.69) is 20.1 Å². The topological polar surface area (TPSA) is 76.7 Å². The predicted molar refractivity (Wildman–Crippen MR) is 106 cm³/mol. The molecular weight excluding hydrogens is 420 g/mol. The van der Waals surface area contributed by atoms with Crippen LogP contribution in [-0.4, -0.2) is 31.6 Å². The van der Waals surface area contributed by atoms with E-state index < -0.39 is 30.8 Å². The van der Waals surface area contributed by atoms with Crippen LogP contribution in [0.25, 0.3) is 6.08 Å². The van der Waals surface area contributed by atoms with Crippen molar-refractivity contribution in [1.29, 1.82) is 0 Å². The number of ether oxygens (including phenoxy) is 2. The monoisotopic (exact) mass is 440 g/mol. The quantitative estimate of drug-likeness (QED) is 0.451. The molecule has 31 heavy (non-hydrogen) atoms. The summed E-state index contributed by atoms with van der Waals surface area (Å²) in [7, 11) is 0. The van der Waals surface area contributed by atoms with Crippen molar-refractivity contribution in [2.24, 2.45) is 0 Å². The molecule has 2 aromatic carbocycles. The molecule has 0 bridgehead atoms. The van der Waals surface area contributed by atoms with Gasteiger partial charge in [-0.05, 0) is 43.2 Å². The number of carbonyl (C=O) groups excluding carboxylic acids is 2. The maximum absolute atomic E-state index is 12.6. The van der Waals surface area contributed by atoms with Crippen molar-refractivity contribution in [1.82, 2.24) is 5.32 Å². The normalized spacial score (nSPS) is 11.1. The van der Waals surface area contributed by atoms with Gasteiger partial charge in [-0.25, -0.2) is 0 Å². The average Bonchev–Trinajstić information content (AvgIpc) is 2.68. The van der Waals surface area contributed by atoms with Gasteiger partial charge in [0.2, 0.25) is 11.8 Å². The lowest BCUT2D eigenvalue weighted by Crippen LogP contribution is -2.32. The van der Waals surface area contributed by atoms with E-state index in [1.165, 1.54) is 6.07 Å². The zero-order chi connectivity index (χ0) is 23.0. The number of carbonyl (C=O) groups is 2. The number of benzene rings is 2. The predicted octanol–water partition coefficient (Wildman–Crippen LogP) is 4.27. The highest BCUT2D eigenvalue weighted by atomic mass is 19.3. The third-order valence-electron chi connectivity index (χ3n) is 4.01. The van der Waals surface area contributed by atoms with Crippen LogP contribution in [0.3, 0.4) is 0 Å². The highest BCUT2D eigenvalue weighted by Gasteiger charge is 2.13. The zero-order valence-electron chi connectivity index (χ0n) is 16.6. The number of hydrogen-bond donors (Lipinski definition) is 2. The molecule has 2 N–H and O–H groups in total. The molecule has 0 heterocycles. The maximum atomic E-state index is 12.6. The molecule has 0 aliphatic heterocycles. The number of amides is 2. The summed E-state index contributed by atoms with van der Waals surface area (Å²) in [4.78, 5) is 24.0. The standard InChI is InChI=1S/C21H20F4N2O4/c1-12-4-3-5-13(2)19(12)27-18(29)11-26-17(28)9-7-14-6-8-15(30-20(22)23)10-16(14)31-21(24)25/h3-10,20-21H,11H2,1-2H3,(H,26,28)(H,27,29)/b9-7+. The first-order chi connectivity index (χ1) is 14.7. The molecule has 0 atom stereocenters. The number of aryl methyl sites for hydroxylation is 2. The molecule has 6 nitrogen and oxygen atoms in total. The molecule has 0 aliphatic carbocycles. The minimum Gasteiger partial charge on any atom is -0.435 e. The van der Waals surface area contributed by atoms with Crippen LogP contribution in [0.4, 0.5) is 23.2 Å². The highest BCUT2D eigenvalue weighted by Crippen LogP contribution is 2.28. The Labute approximate surface area is 175 Å². The third-order valence-corrected chi connectivity index (χ3v) is 4.01. The molecular formula is C21H20F4N2O4. The first-order valence-corrected chi connectivity index (χ1v) is 9.01. The van der Waals surface area contributed by atoms with E-state index >= 15 is 0 Å². The van der Waals surface area contributed by atoms with Crippen LogP contribution in [0, 0.1) is 13.8 Å². The lowest BCUT2D eigenvalue weighted by atomic mass is 10.1. The molecule has 2 rings (SSSR count). The number of nitrogens with one attached hydrogen (secondary N) is 2. The van der Waals surface area contributed by atoms with Crippen LogP contribution in [0.2, 0.25) is 0 Å². The van der Waals surface area contributed by atoms with Crippen LogP contribution >= 0.6 is 0 Å². The Morgan fingerprint density at radius 2 is 1.65 bits per heavy atom. The highest BCUT2D eigenvalue weighted by molar-refractivity contribution is 5.98. The molecule has 0 fully saturated rings. The summed E-state index contributed by atoms with van der Waals surface area (Å²) >= 11 is 0. The van der Waals surface area contributed by atoms with Gasteiger partial charge in [0.05, 0.1) is 6.54 Å². The van der Waals surface area contributed by atoms with Crippen molar-refractivity contribution in [3.63, 3.8) is 0 Å². The van der Waals surface area contributed by atoms with E-state index in [0.29, 0.717) is 5.69 Å². The van der Waals surface area contributed by atoms with Gasteiger partial charge in [0, 0.05) is 23.4 Å². The van der Waals surface area contributed by atoms with Gasteiger partial charge in [-0.3, -0.25) is 9.59 Å². The second kappa shape index (κ2) is 11.0. The Hall–Kier alpha value is -3.56.